The number of nitrogens with one attached hydrogen (secondary N) is 2. The summed E-state index contributed by atoms with van der Waals surface area (Å²) < 4.78 is 0. The summed E-state index contributed by atoms with van der Waals surface area (Å²) in [6.45, 7) is 0. The van der Waals surface area contributed by atoms with Gasteiger partial charge in [-0.05, 0) is 43.9 Å². The van der Waals surface area contributed by atoms with Crippen molar-refractivity contribution in [3.63, 3.8) is 0 Å². The van der Waals surface area contributed by atoms with E-state index in [1.807, 2.05) is 18.2 Å². The highest BCUT2D eigenvalue weighted by Gasteiger charge is 2.29. The van der Waals surface area contributed by atoms with E-state index in [0.29, 0.717) is 5.92 Å². The lowest BCUT2D eigenvalue weighted by molar-refractivity contribution is -0.117. The maximum atomic E-state index is 11.8. The van der Waals surface area contributed by atoms with Crippen LogP contribution in [0.25, 0.3) is 11.0 Å². The van der Waals surface area contributed by atoms with Crippen molar-refractivity contribution in [2.45, 2.75) is 44.4 Å². The molecule has 2 fully saturated rings. The lowest BCUT2D eigenvalue weighted by atomic mass is 10.1. The van der Waals surface area contributed by atoms with Gasteiger partial charge in [-0.15, -0.1) is 0 Å². The number of imidazole rings is 1. The number of benzene rings is 1. The van der Waals surface area contributed by atoms with Crippen LogP contribution >= 0.6 is 0 Å². The molecule has 0 saturated heterocycles. The number of rotatable bonds is 3. The van der Waals surface area contributed by atoms with Crippen molar-refractivity contribution in [3.05, 3.63) is 24.0 Å². The molecule has 0 bridgehead atoms. The number of anilines is 1. The SMILES string of the molecule is O=C(Nc1ccc2nc(C3CCCC3)[nH]c2c1)C1CC1. The predicted octanol–water partition coefficient (Wildman–Crippen LogP) is 3.57. The van der Waals surface area contributed by atoms with E-state index >= 15 is 0 Å². The van der Waals surface area contributed by atoms with Gasteiger partial charge in [0.25, 0.3) is 0 Å². The molecule has 0 spiro atoms. The Morgan fingerprint density at radius 1 is 1.20 bits per heavy atom. The smallest absolute Gasteiger partial charge is 0.227 e. The van der Waals surface area contributed by atoms with Gasteiger partial charge in [0, 0.05) is 17.5 Å². The van der Waals surface area contributed by atoms with E-state index in [1.54, 1.807) is 0 Å². The second-order valence-electron chi connectivity index (χ2n) is 6.10. The zero-order chi connectivity index (χ0) is 13.5. The molecule has 1 heterocycles. The summed E-state index contributed by atoms with van der Waals surface area (Å²) in [6.07, 6.45) is 7.17. The van der Waals surface area contributed by atoms with Gasteiger partial charge in [0.1, 0.15) is 5.82 Å². The molecule has 2 N–H and O–H groups in total. The Balaban J connectivity index is 1.59. The first kappa shape index (κ1) is 11.9. The molecule has 4 rings (SSSR count). The molecule has 20 heavy (non-hydrogen) atoms. The molecule has 2 aliphatic rings. The van der Waals surface area contributed by atoms with Crippen LogP contribution in [0.3, 0.4) is 0 Å². The van der Waals surface area contributed by atoms with Gasteiger partial charge < -0.3 is 10.3 Å². The van der Waals surface area contributed by atoms with Crippen molar-refractivity contribution in [2.24, 2.45) is 5.92 Å². The molecule has 4 nitrogen and oxygen atoms in total. The molecule has 4 heteroatoms. The Hall–Kier alpha value is -1.84. The third kappa shape index (κ3) is 2.19. The molecular weight excluding hydrogens is 250 g/mol. The van der Waals surface area contributed by atoms with Crippen molar-refractivity contribution in [1.82, 2.24) is 9.97 Å². The average molecular weight is 269 g/mol. The number of hydrogen-bond acceptors (Lipinski definition) is 2. The van der Waals surface area contributed by atoms with Crippen LogP contribution in [0.5, 0.6) is 0 Å². The van der Waals surface area contributed by atoms with E-state index in [2.05, 4.69) is 10.3 Å². The molecule has 1 amide bonds. The third-order valence-corrected chi connectivity index (χ3v) is 4.46. The summed E-state index contributed by atoms with van der Waals surface area (Å²) in [5, 5.41) is 2.99. The Bertz CT molecular complexity index is 651. The fourth-order valence-electron chi connectivity index (χ4n) is 3.09. The van der Waals surface area contributed by atoms with Gasteiger partial charge in [-0.1, -0.05) is 12.8 Å². The average Bonchev–Trinajstić information content (AvgIpc) is 3.00. The maximum absolute atomic E-state index is 11.8. The van der Waals surface area contributed by atoms with E-state index in [-0.39, 0.29) is 11.8 Å². The first-order valence-corrected chi connectivity index (χ1v) is 7.60. The second-order valence-corrected chi connectivity index (χ2v) is 6.10. The molecule has 0 atom stereocenters. The number of hydrogen-bond donors (Lipinski definition) is 2. The van der Waals surface area contributed by atoms with Gasteiger partial charge in [0.2, 0.25) is 5.91 Å². The van der Waals surface area contributed by atoms with E-state index in [0.717, 1.165) is 35.4 Å². The van der Waals surface area contributed by atoms with Crippen molar-refractivity contribution in [3.8, 4) is 0 Å². The molecule has 0 unspecified atom stereocenters. The van der Waals surface area contributed by atoms with Crippen molar-refractivity contribution >= 4 is 22.6 Å². The molecule has 0 aliphatic heterocycles. The fourth-order valence-corrected chi connectivity index (χ4v) is 3.09. The number of carbonyl (C=O) groups excluding carboxylic acids is 1. The standard InChI is InChI=1S/C16H19N3O/c20-16(11-5-6-11)17-12-7-8-13-14(9-12)19-15(18-13)10-3-1-2-4-10/h7-11H,1-6H2,(H,17,20)(H,18,19). The number of H-pyrrole nitrogens is 1. The van der Waals surface area contributed by atoms with Crippen LogP contribution in [0.2, 0.25) is 0 Å². The molecule has 1 aromatic heterocycles. The Morgan fingerprint density at radius 3 is 2.75 bits per heavy atom. The van der Waals surface area contributed by atoms with Crippen LogP contribution in [0.15, 0.2) is 18.2 Å². The number of fused-ring (bicyclic) bond motifs is 1. The molecule has 2 saturated carbocycles. The van der Waals surface area contributed by atoms with Crippen LogP contribution in [0.1, 0.15) is 50.3 Å². The van der Waals surface area contributed by atoms with E-state index in [1.165, 1.54) is 25.7 Å². The Kier molecular flexibility index (Phi) is 2.76. The Labute approximate surface area is 118 Å². The monoisotopic (exact) mass is 269 g/mol. The fraction of sp³-hybridized carbons (Fsp3) is 0.500. The highest BCUT2D eigenvalue weighted by molar-refractivity contribution is 5.95. The molecule has 0 radical (unpaired) electrons. The molecule has 104 valence electrons. The van der Waals surface area contributed by atoms with E-state index in [9.17, 15) is 4.79 Å². The topological polar surface area (TPSA) is 57.8 Å². The van der Waals surface area contributed by atoms with Gasteiger partial charge >= 0.3 is 0 Å². The van der Waals surface area contributed by atoms with E-state index < -0.39 is 0 Å². The zero-order valence-electron chi connectivity index (χ0n) is 11.5. The van der Waals surface area contributed by atoms with Gasteiger partial charge in [0.15, 0.2) is 0 Å². The van der Waals surface area contributed by atoms with Crippen molar-refractivity contribution < 1.29 is 4.79 Å². The van der Waals surface area contributed by atoms with Crippen LogP contribution < -0.4 is 5.32 Å². The van der Waals surface area contributed by atoms with Crippen LogP contribution in [-0.4, -0.2) is 15.9 Å². The first-order valence-electron chi connectivity index (χ1n) is 7.60. The number of amides is 1. The highest BCUT2D eigenvalue weighted by Crippen LogP contribution is 2.34. The van der Waals surface area contributed by atoms with Gasteiger partial charge in [-0.25, -0.2) is 4.98 Å². The minimum absolute atomic E-state index is 0.153. The first-order chi connectivity index (χ1) is 9.79. The number of carbonyl (C=O) groups is 1. The molecule has 2 aromatic rings. The lowest BCUT2D eigenvalue weighted by Crippen LogP contribution is -2.12. The number of aromatic amines is 1. The quantitative estimate of drug-likeness (QED) is 0.895. The molecule has 1 aromatic carbocycles. The number of aromatic nitrogens is 2. The van der Waals surface area contributed by atoms with Crippen LogP contribution in [0.4, 0.5) is 5.69 Å². The maximum Gasteiger partial charge on any atom is 0.227 e. The predicted molar refractivity (Wildman–Crippen MR) is 78.7 cm³/mol. The summed E-state index contributed by atoms with van der Waals surface area (Å²) in [5.41, 5.74) is 2.90. The molecular formula is C16H19N3O. The van der Waals surface area contributed by atoms with Gasteiger partial charge in [-0.3, -0.25) is 4.79 Å². The normalized spacial score (nSPS) is 19.6. The summed E-state index contributed by atoms with van der Waals surface area (Å²) in [4.78, 5) is 19.9. The minimum atomic E-state index is 0.153. The van der Waals surface area contributed by atoms with Crippen LogP contribution in [0, 0.1) is 5.92 Å². The van der Waals surface area contributed by atoms with E-state index in [4.69, 9.17) is 4.98 Å². The highest BCUT2D eigenvalue weighted by atomic mass is 16.2. The van der Waals surface area contributed by atoms with Crippen molar-refractivity contribution in [1.29, 1.82) is 0 Å². The summed E-state index contributed by atoms with van der Waals surface area (Å²) in [6, 6.07) is 5.94. The zero-order valence-corrected chi connectivity index (χ0v) is 11.5. The van der Waals surface area contributed by atoms with Gasteiger partial charge in [-0.2, -0.15) is 0 Å². The lowest BCUT2D eigenvalue weighted by Gasteiger charge is -2.03. The molecule has 2 aliphatic carbocycles. The minimum Gasteiger partial charge on any atom is -0.342 e. The summed E-state index contributed by atoms with van der Waals surface area (Å²) in [5.74, 6) is 2.09. The number of nitrogens with zero attached hydrogens (tertiary/aromatic N) is 1. The second kappa shape index (κ2) is 4.62. The third-order valence-electron chi connectivity index (χ3n) is 4.46. The summed E-state index contributed by atoms with van der Waals surface area (Å²) >= 11 is 0. The Morgan fingerprint density at radius 2 is 2.00 bits per heavy atom. The van der Waals surface area contributed by atoms with Gasteiger partial charge in [0.05, 0.1) is 11.0 Å². The largest absolute Gasteiger partial charge is 0.342 e. The summed E-state index contributed by atoms with van der Waals surface area (Å²) in [7, 11) is 0. The van der Waals surface area contributed by atoms with Crippen LogP contribution in [-0.2, 0) is 4.79 Å². The van der Waals surface area contributed by atoms with Crippen molar-refractivity contribution in [2.75, 3.05) is 5.32 Å².